The molecular formula is C21H31IN2O2Si. The summed E-state index contributed by atoms with van der Waals surface area (Å²) in [5.41, 5.74) is 5.39. The summed E-state index contributed by atoms with van der Waals surface area (Å²) in [5.74, 6) is 3.37. The fourth-order valence-electron chi connectivity index (χ4n) is 2.75. The molecule has 0 atom stereocenters. The van der Waals surface area contributed by atoms with Gasteiger partial charge >= 0.3 is 6.09 Å². The van der Waals surface area contributed by atoms with Gasteiger partial charge in [0.15, 0.2) is 0 Å². The highest BCUT2D eigenvalue weighted by Gasteiger charge is 2.25. The number of nitrogens with zero attached hydrogens (tertiary/aromatic N) is 2. The summed E-state index contributed by atoms with van der Waals surface area (Å²) in [7, 11) is -1.38. The molecule has 148 valence electrons. The monoisotopic (exact) mass is 498 g/mol. The van der Waals surface area contributed by atoms with E-state index >= 15 is 0 Å². The molecule has 0 spiro atoms. The largest absolute Gasteiger partial charge is 0.444 e. The lowest BCUT2D eigenvalue weighted by Gasteiger charge is -2.35. The van der Waals surface area contributed by atoms with Crippen molar-refractivity contribution in [2.45, 2.75) is 52.6 Å². The highest BCUT2D eigenvalue weighted by atomic mass is 127. The summed E-state index contributed by atoms with van der Waals surface area (Å²) in [4.78, 5) is 16.4. The van der Waals surface area contributed by atoms with Crippen LogP contribution in [0.25, 0.3) is 0 Å². The zero-order valence-corrected chi connectivity index (χ0v) is 20.5. The van der Waals surface area contributed by atoms with E-state index in [2.05, 4.69) is 76.8 Å². The van der Waals surface area contributed by atoms with Gasteiger partial charge in [0, 0.05) is 41.9 Å². The second kappa shape index (κ2) is 8.97. The molecule has 1 aromatic carbocycles. The number of carbonyl (C=O) groups is 1. The minimum Gasteiger partial charge on any atom is -0.444 e. The van der Waals surface area contributed by atoms with E-state index in [0.29, 0.717) is 13.1 Å². The Labute approximate surface area is 178 Å². The fourth-order valence-corrected chi connectivity index (χ4v) is 4.00. The Balaban J connectivity index is 1.96. The molecule has 0 aliphatic carbocycles. The van der Waals surface area contributed by atoms with Crippen LogP contribution in [0.4, 0.5) is 4.79 Å². The van der Waals surface area contributed by atoms with E-state index in [1.807, 2.05) is 20.8 Å². The van der Waals surface area contributed by atoms with Crippen molar-refractivity contribution < 1.29 is 9.53 Å². The molecule has 4 nitrogen and oxygen atoms in total. The Morgan fingerprint density at radius 2 is 1.78 bits per heavy atom. The molecule has 0 saturated carbocycles. The molecule has 1 fully saturated rings. The van der Waals surface area contributed by atoms with Crippen LogP contribution >= 0.6 is 22.6 Å². The van der Waals surface area contributed by atoms with Crippen molar-refractivity contribution in [1.82, 2.24) is 9.80 Å². The van der Waals surface area contributed by atoms with Crippen LogP contribution in [0.2, 0.25) is 19.6 Å². The number of hydrogen-bond acceptors (Lipinski definition) is 3. The number of hydrogen-bond donors (Lipinski definition) is 0. The maximum Gasteiger partial charge on any atom is 0.410 e. The standard InChI is InChI=1S/C21H31IN2O2Si/c1-21(2,3)26-20(25)24-10-8-23(9-11-24)16-18-13-17(14-19(22)15-18)7-12-27(4,5)6/h13-15H,8-11,16H2,1-6H3. The first-order valence-electron chi connectivity index (χ1n) is 9.44. The second-order valence-electron chi connectivity index (χ2n) is 9.09. The van der Waals surface area contributed by atoms with Crippen molar-refractivity contribution >= 4 is 36.8 Å². The van der Waals surface area contributed by atoms with E-state index < -0.39 is 13.7 Å². The van der Waals surface area contributed by atoms with Crippen LogP contribution in [0.3, 0.4) is 0 Å². The minimum absolute atomic E-state index is 0.208. The van der Waals surface area contributed by atoms with Crippen molar-refractivity contribution in [1.29, 1.82) is 0 Å². The van der Waals surface area contributed by atoms with Gasteiger partial charge in [0.1, 0.15) is 13.7 Å². The smallest absolute Gasteiger partial charge is 0.410 e. The first kappa shape index (κ1) is 22.2. The molecule has 0 aromatic heterocycles. The van der Waals surface area contributed by atoms with Gasteiger partial charge in [0.2, 0.25) is 0 Å². The van der Waals surface area contributed by atoms with Crippen LogP contribution in [0, 0.1) is 15.0 Å². The Hall–Kier alpha value is -1.04. The summed E-state index contributed by atoms with van der Waals surface area (Å²) in [5, 5.41) is 0. The van der Waals surface area contributed by atoms with E-state index in [0.717, 1.165) is 25.2 Å². The number of amides is 1. The predicted molar refractivity (Wildman–Crippen MR) is 122 cm³/mol. The molecule has 1 amide bonds. The summed E-state index contributed by atoms with van der Waals surface area (Å²) in [6.45, 7) is 16.5. The Morgan fingerprint density at radius 1 is 1.15 bits per heavy atom. The first-order chi connectivity index (χ1) is 12.4. The average Bonchev–Trinajstić information content (AvgIpc) is 2.51. The van der Waals surface area contributed by atoms with Crippen LogP contribution in [0.1, 0.15) is 31.9 Å². The van der Waals surface area contributed by atoms with Gasteiger partial charge in [-0.2, -0.15) is 0 Å². The van der Waals surface area contributed by atoms with E-state index in [9.17, 15) is 4.79 Å². The lowest BCUT2D eigenvalue weighted by atomic mass is 10.1. The summed E-state index contributed by atoms with van der Waals surface area (Å²) in [6, 6.07) is 6.58. The average molecular weight is 498 g/mol. The van der Waals surface area contributed by atoms with E-state index in [4.69, 9.17) is 4.74 Å². The number of rotatable bonds is 2. The number of halogens is 1. The Morgan fingerprint density at radius 3 is 2.33 bits per heavy atom. The van der Waals surface area contributed by atoms with E-state index in [1.54, 1.807) is 4.90 Å². The number of carbonyl (C=O) groups excluding carboxylic acids is 1. The topological polar surface area (TPSA) is 32.8 Å². The summed E-state index contributed by atoms with van der Waals surface area (Å²) < 4.78 is 6.69. The van der Waals surface area contributed by atoms with Crippen molar-refractivity contribution in [3.63, 3.8) is 0 Å². The van der Waals surface area contributed by atoms with Crippen LogP contribution in [0.15, 0.2) is 18.2 Å². The highest BCUT2D eigenvalue weighted by molar-refractivity contribution is 14.1. The Bertz CT molecular complexity index is 733. The van der Waals surface area contributed by atoms with Gasteiger partial charge in [-0.15, -0.1) is 5.54 Å². The van der Waals surface area contributed by atoms with E-state index in [1.165, 1.54) is 9.13 Å². The Kier molecular flexibility index (Phi) is 7.39. The van der Waals surface area contributed by atoms with Gasteiger partial charge in [0.25, 0.3) is 0 Å². The lowest BCUT2D eigenvalue weighted by molar-refractivity contribution is 0.0139. The summed E-state index contributed by atoms with van der Waals surface area (Å²) in [6.07, 6.45) is -0.208. The van der Waals surface area contributed by atoms with Gasteiger partial charge in [0.05, 0.1) is 0 Å². The molecule has 1 saturated heterocycles. The fraction of sp³-hybridized carbons (Fsp3) is 0.571. The maximum absolute atomic E-state index is 12.2. The lowest BCUT2D eigenvalue weighted by Crippen LogP contribution is -2.49. The molecule has 0 bridgehead atoms. The second-order valence-corrected chi connectivity index (χ2v) is 15.1. The van der Waals surface area contributed by atoms with Gasteiger partial charge in [-0.05, 0) is 67.1 Å². The molecule has 0 radical (unpaired) electrons. The number of ether oxygens (including phenoxy) is 1. The molecule has 0 unspecified atom stereocenters. The van der Waals surface area contributed by atoms with Gasteiger partial charge in [-0.1, -0.05) is 25.6 Å². The molecule has 2 rings (SSSR count). The third-order valence-corrected chi connectivity index (χ3v) is 5.47. The van der Waals surface area contributed by atoms with Crippen molar-refractivity contribution in [3.8, 4) is 11.5 Å². The normalized spacial score (nSPS) is 15.9. The van der Waals surface area contributed by atoms with Crippen LogP contribution < -0.4 is 0 Å². The van der Waals surface area contributed by atoms with Crippen molar-refractivity contribution in [3.05, 3.63) is 32.9 Å². The third-order valence-electron chi connectivity index (χ3n) is 3.97. The molecule has 1 aromatic rings. The zero-order chi connectivity index (χ0) is 20.2. The van der Waals surface area contributed by atoms with Gasteiger partial charge in [-0.3, -0.25) is 4.90 Å². The molecule has 6 heteroatoms. The van der Waals surface area contributed by atoms with Gasteiger partial charge in [-0.25, -0.2) is 4.79 Å². The molecule has 1 aliphatic rings. The molecule has 1 heterocycles. The molecule has 1 aliphatic heterocycles. The minimum atomic E-state index is -1.38. The number of piperazine rings is 1. The predicted octanol–water partition coefficient (Wildman–Crippen LogP) is 4.57. The van der Waals surface area contributed by atoms with Crippen LogP contribution in [-0.2, 0) is 11.3 Å². The molecule has 27 heavy (non-hydrogen) atoms. The quantitative estimate of drug-likeness (QED) is 0.340. The molecular weight excluding hydrogens is 467 g/mol. The van der Waals surface area contributed by atoms with E-state index in [-0.39, 0.29) is 6.09 Å². The number of benzene rings is 1. The zero-order valence-electron chi connectivity index (χ0n) is 17.4. The first-order valence-corrected chi connectivity index (χ1v) is 14.0. The SMILES string of the molecule is CC(C)(C)OC(=O)N1CCN(Cc2cc(I)cc(C#C[Si](C)(C)C)c2)CC1. The van der Waals surface area contributed by atoms with Crippen LogP contribution in [-0.4, -0.2) is 55.7 Å². The van der Waals surface area contributed by atoms with Crippen molar-refractivity contribution in [2.75, 3.05) is 26.2 Å². The maximum atomic E-state index is 12.2. The van der Waals surface area contributed by atoms with Crippen molar-refractivity contribution in [2.24, 2.45) is 0 Å². The summed E-state index contributed by atoms with van der Waals surface area (Å²) >= 11 is 2.37. The third kappa shape index (κ3) is 8.24. The highest BCUT2D eigenvalue weighted by Crippen LogP contribution is 2.17. The van der Waals surface area contributed by atoms with Gasteiger partial charge < -0.3 is 9.64 Å². The molecule has 0 N–H and O–H groups in total. The van der Waals surface area contributed by atoms with Crippen LogP contribution in [0.5, 0.6) is 0 Å².